The molecule has 3 rings (SSSR count). The third kappa shape index (κ3) is 4.89. The molecule has 1 aliphatic rings. The zero-order valence-corrected chi connectivity index (χ0v) is 18.5. The average molecular weight is 436 g/mol. The summed E-state index contributed by atoms with van der Waals surface area (Å²) in [6, 6.07) is 9.60. The number of likely N-dealkylation sites (N-methyl/N-ethyl adjacent to an activating group) is 1. The number of ether oxygens (including phenoxy) is 1. The van der Waals surface area contributed by atoms with Crippen molar-refractivity contribution in [2.24, 2.45) is 0 Å². The van der Waals surface area contributed by atoms with Gasteiger partial charge in [-0.05, 0) is 49.0 Å². The molecule has 1 aromatic carbocycles. The summed E-state index contributed by atoms with van der Waals surface area (Å²) in [5.41, 5.74) is 1.19. The maximum atomic E-state index is 13.0. The summed E-state index contributed by atoms with van der Waals surface area (Å²) in [6.07, 6.45) is 4.90. The Bertz CT molecular complexity index is 982. The van der Waals surface area contributed by atoms with Gasteiger partial charge in [0.1, 0.15) is 18.1 Å². The van der Waals surface area contributed by atoms with Gasteiger partial charge in [0.15, 0.2) is 0 Å². The van der Waals surface area contributed by atoms with E-state index in [1.54, 1.807) is 48.8 Å². The Morgan fingerprint density at radius 2 is 1.94 bits per heavy atom. The lowest BCUT2D eigenvalue weighted by molar-refractivity contribution is -0.140. The van der Waals surface area contributed by atoms with E-state index in [1.807, 2.05) is 6.07 Å². The number of likely N-dealkylation sites (tertiary alicyclic amines) is 1. The Morgan fingerprint density at radius 1 is 1.22 bits per heavy atom. The number of benzene rings is 1. The number of pyridine rings is 1. The minimum Gasteiger partial charge on any atom is -0.507 e. The first-order chi connectivity index (χ1) is 15.5. The molecule has 0 saturated carbocycles. The molecule has 1 N–H and O–H groups in total. The second-order valence-corrected chi connectivity index (χ2v) is 7.43. The highest BCUT2D eigenvalue weighted by molar-refractivity contribution is 6.46. The molecule has 0 radical (unpaired) electrons. The molecule has 7 heteroatoms. The molecule has 168 valence electrons. The summed E-state index contributed by atoms with van der Waals surface area (Å²) in [5.74, 6) is -0.899. The molecule has 1 amide bonds. The maximum Gasteiger partial charge on any atom is 0.295 e. The van der Waals surface area contributed by atoms with Crippen molar-refractivity contribution in [2.45, 2.75) is 19.9 Å². The van der Waals surface area contributed by atoms with Gasteiger partial charge in [0.25, 0.3) is 11.7 Å². The molecule has 0 unspecified atom stereocenters. The Kier molecular flexibility index (Phi) is 7.78. The minimum atomic E-state index is -0.698. The molecule has 0 aliphatic carbocycles. The van der Waals surface area contributed by atoms with Gasteiger partial charge in [-0.2, -0.15) is 0 Å². The third-order valence-corrected chi connectivity index (χ3v) is 5.59. The maximum absolute atomic E-state index is 13.0. The van der Waals surface area contributed by atoms with Crippen LogP contribution >= 0.6 is 0 Å². The first kappa shape index (κ1) is 23.2. The van der Waals surface area contributed by atoms with Gasteiger partial charge in [0.05, 0.1) is 11.6 Å². The van der Waals surface area contributed by atoms with Gasteiger partial charge in [-0.15, -0.1) is 0 Å². The van der Waals surface area contributed by atoms with E-state index in [0.717, 1.165) is 13.1 Å². The lowest BCUT2D eigenvalue weighted by atomic mass is 9.96. The highest BCUT2D eigenvalue weighted by Crippen LogP contribution is 2.39. The van der Waals surface area contributed by atoms with Crippen LogP contribution in [0.3, 0.4) is 0 Å². The number of hydrogen-bond acceptors (Lipinski definition) is 6. The van der Waals surface area contributed by atoms with Crippen LogP contribution in [0.15, 0.2) is 67.0 Å². The van der Waals surface area contributed by atoms with Gasteiger partial charge in [-0.1, -0.05) is 32.6 Å². The van der Waals surface area contributed by atoms with Crippen molar-refractivity contribution in [3.8, 4) is 5.75 Å². The highest BCUT2D eigenvalue weighted by Gasteiger charge is 2.46. The lowest BCUT2D eigenvalue weighted by Gasteiger charge is -2.28. The molecule has 2 heterocycles. The van der Waals surface area contributed by atoms with E-state index in [2.05, 4.69) is 30.3 Å². The number of aliphatic hydroxyl groups is 1. The van der Waals surface area contributed by atoms with Crippen LogP contribution in [0, 0.1) is 0 Å². The van der Waals surface area contributed by atoms with Crippen molar-refractivity contribution in [1.29, 1.82) is 0 Å². The average Bonchev–Trinajstić information content (AvgIpc) is 3.08. The van der Waals surface area contributed by atoms with Crippen LogP contribution in [0.2, 0.25) is 0 Å². The fourth-order valence-electron chi connectivity index (χ4n) is 3.80. The predicted octanol–water partition coefficient (Wildman–Crippen LogP) is 3.41. The molecular formula is C25H29N3O4. The highest BCUT2D eigenvalue weighted by atomic mass is 16.5. The van der Waals surface area contributed by atoms with Crippen LogP contribution in [0.5, 0.6) is 5.75 Å². The minimum absolute atomic E-state index is 0.0716. The third-order valence-electron chi connectivity index (χ3n) is 5.59. The monoisotopic (exact) mass is 435 g/mol. The first-order valence-electron chi connectivity index (χ1n) is 10.8. The number of rotatable bonds is 10. The van der Waals surface area contributed by atoms with E-state index in [9.17, 15) is 14.7 Å². The summed E-state index contributed by atoms with van der Waals surface area (Å²) >= 11 is 0. The number of Topliss-reactive ketones (excluding diaryl/α,β-unsaturated/α-hetero) is 1. The van der Waals surface area contributed by atoms with Crippen molar-refractivity contribution < 1.29 is 19.4 Å². The lowest BCUT2D eigenvalue weighted by Crippen LogP contribution is -2.38. The number of aromatic nitrogens is 1. The van der Waals surface area contributed by atoms with E-state index >= 15 is 0 Å². The van der Waals surface area contributed by atoms with Crippen molar-refractivity contribution in [3.63, 3.8) is 0 Å². The Labute approximate surface area is 188 Å². The summed E-state index contributed by atoms with van der Waals surface area (Å²) in [4.78, 5) is 33.9. The van der Waals surface area contributed by atoms with E-state index in [4.69, 9.17) is 4.74 Å². The summed E-state index contributed by atoms with van der Waals surface area (Å²) in [5, 5.41) is 11.1. The summed E-state index contributed by atoms with van der Waals surface area (Å²) in [6.45, 7) is 10.8. The Morgan fingerprint density at radius 3 is 2.53 bits per heavy atom. The molecule has 1 saturated heterocycles. The fourth-order valence-corrected chi connectivity index (χ4v) is 3.80. The largest absolute Gasteiger partial charge is 0.507 e. The van der Waals surface area contributed by atoms with Crippen molar-refractivity contribution >= 4 is 17.4 Å². The van der Waals surface area contributed by atoms with Gasteiger partial charge in [0.2, 0.25) is 0 Å². The number of hydrogen-bond donors (Lipinski definition) is 1. The molecule has 1 aliphatic heterocycles. The Hall–Kier alpha value is -3.45. The molecule has 2 aromatic rings. The van der Waals surface area contributed by atoms with Gasteiger partial charge in [-0.3, -0.25) is 14.6 Å². The SMILES string of the molecule is C=CCOc1ccc(/C(O)=C2\C(=O)C(=O)N(CCN(CC)CC)[C@H]2c2cccnc2)cc1. The number of amides is 1. The first-order valence-corrected chi connectivity index (χ1v) is 10.8. The number of carbonyl (C=O) groups excluding carboxylic acids is 2. The van der Waals surface area contributed by atoms with Gasteiger partial charge < -0.3 is 19.6 Å². The molecule has 32 heavy (non-hydrogen) atoms. The topological polar surface area (TPSA) is 83.0 Å². The summed E-state index contributed by atoms with van der Waals surface area (Å²) < 4.78 is 5.48. The normalized spacial score (nSPS) is 17.7. The van der Waals surface area contributed by atoms with Crippen molar-refractivity contribution in [3.05, 3.63) is 78.1 Å². The zero-order valence-electron chi connectivity index (χ0n) is 18.5. The second-order valence-electron chi connectivity index (χ2n) is 7.43. The summed E-state index contributed by atoms with van der Waals surface area (Å²) in [7, 11) is 0. The van der Waals surface area contributed by atoms with Gasteiger partial charge in [-0.25, -0.2) is 0 Å². The van der Waals surface area contributed by atoms with E-state index in [1.165, 1.54) is 4.90 Å². The fraction of sp³-hybridized carbons (Fsp3) is 0.320. The number of nitrogens with zero attached hydrogens (tertiary/aromatic N) is 3. The van der Waals surface area contributed by atoms with Crippen LogP contribution in [0.25, 0.3) is 5.76 Å². The molecule has 1 atom stereocenters. The molecular weight excluding hydrogens is 406 g/mol. The number of carbonyl (C=O) groups is 2. The molecule has 1 fully saturated rings. The van der Waals surface area contributed by atoms with Crippen LogP contribution in [0.4, 0.5) is 0 Å². The number of ketones is 1. The van der Waals surface area contributed by atoms with Crippen LogP contribution < -0.4 is 4.74 Å². The van der Waals surface area contributed by atoms with Gasteiger partial charge in [0, 0.05) is 31.0 Å². The molecule has 0 bridgehead atoms. The zero-order chi connectivity index (χ0) is 23.1. The molecule has 7 nitrogen and oxygen atoms in total. The van der Waals surface area contributed by atoms with Crippen LogP contribution in [0.1, 0.15) is 31.0 Å². The van der Waals surface area contributed by atoms with E-state index in [0.29, 0.717) is 36.6 Å². The standard InChI is InChI=1S/C25H29N3O4/c1-4-16-32-20-11-9-18(10-12-20)23(29)21-22(19-8-7-13-26-17-19)28(25(31)24(21)30)15-14-27(5-2)6-3/h4,7-13,17,22,29H,1,5-6,14-16H2,2-3H3/b23-21+/t22-/m0/s1. The van der Waals surface area contributed by atoms with E-state index in [-0.39, 0.29) is 11.3 Å². The quantitative estimate of drug-likeness (QED) is 0.267. The van der Waals surface area contributed by atoms with Crippen LogP contribution in [-0.2, 0) is 9.59 Å². The molecule has 0 spiro atoms. The van der Waals surface area contributed by atoms with E-state index < -0.39 is 17.7 Å². The van der Waals surface area contributed by atoms with Crippen molar-refractivity contribution in [1.82, 2.24) is 14.8 Å². The van der Waals surface area contributed by atoms with Crippen LogP contribution in [-0.4, -0.2) is 64.4 Å². The van der Waals surface area contributed by atoms with Crippen molar-refractivity contribution in [2.75, 3.05) is 32.8 Å². The second kappa shape index (κ2) is 10.7. The Balaban J connectivity index is 2.00. The smallest absolute Gasteiger partial charge is 0.295 e. The number of aliphatic hydroxyl groups excluding tert-OH is 1. The molecule has 1 aromatic heterocycles. The predicted molar refractivity (Wildman–Crippen MR) is 123 cm³/mol. The van der Waals surface area contributed by atoms with Gasteiger partial charge >= 0.3 is 0 Å².